The Morgan fingerprint density at radius 1 is 0.500 bits per heavy atom. The summed E-state index contributed by atoms with van der Waals surface area (Å²) in [5.41, 5.74) is 9.92. The Bertz CT molecular complexity index is 2660. The van der Waals surface area contributed by atoms with E-state index >= 15 is 0 Å². The van der Waals surface area contributed by atoms with Crippen LogP contribution >= 0.6 is 0 Å². The molecule has 46 heavy (non-hydrogen) atoms. The third-order valence-corrected chi connectivity index (χ3v) is 8.62. The topological polar surface area (TPSA) is 67.6 Å². The first-order valence-electron chi connectivity index (χ1n) is 15.1. The number of nitriles is 1. The molecule has 0 spiro atoms. The van der Waals surface area contributed by atoms with Crippen molar-refractivity contribution < 1.29 is 4.42 Å². The van der Waals surface area contributed by atoms with Crippen LogP contribution in [-0.4, -0.2) is 14.5 Å². The molecule has 6 aromatic carbocycles. The maximum Gasteiger partial charge on any atom is 0.160 e. The Balaban J connectivity index is 1.27. The molecule has 214 valence electrons. The summed E-state index contributed by atoms with van der Waals surface area (Å²) in [5.74, 6) is 0.615. The van der Waals surface area contributed by atoms with Crippen molar-refractivity contribution in [3.63, 3.8) is 0 Å². The predicted molar refractivity (Wildman–Crippen MR) is 185 cm³/mol. The average molecular weight is 589 g/mol. The quantitative estimate of drug-likeness (QED) is 0.205. The SMILES string of the molecule is N#Cc1cccc(-c2cc(-c3ccccc3)nc(-c3cccc(-n4c5ccccc5c5cc6oc7ccccc7c6cc54)c3)n2)c1. The van der Waals surface area contributed by atoms with Crippen molar-refractivity contribution >= 4 is 43.7 Å². The number of furan rings is 1. The molecule has 0 aliphatic carbocycles. The number of para-hydroxylation sites is 2. The van der Waals surface area contributed by atoms with Crippen LogP contribution in [-0.2, 0) is 0 Å². The maximum absolute atomic E-state index is 9.55. The monoisotopic (exact) mass is 588 g/mol. The van der Waals surface area contributed by atoms with Gasteiger partial charge in [-0.2, -0.15) is 5.26 Å². The van der Waals surface area contributed by atoms with Crippen LogP contribution in [0.1, 0.15) is 5.56 Å². The van der Waals surface area contributed by atoms with Gasteiger partial charge in [-0.15, -0.1) is 0 Å². The second-order valence-electron chi connectivity index (χ2n) is 11.4. The zero-order chi connectivity index (χ0) is 30.6. The van der Waals surface area contributed by atoms with Crippen LogP contribution in [0.2, 0.25) is 0 Å². The largest absolute Gasteiger partial charge is 0.456 e. The van der Waals surface area contributed by atoms with E-state index in [-0.39, 0.29) is 0 Å². The third-order valence-electron chi connectivity index (χ3n) is 8.62. The molecule has 0 aliphatic heterocycles. The minimum atomic E-state index is 0.590. The highest BCUT2D eigenvalue weighted by molar-refractivity contribution is 6.17. The molecular weight excluding hydrogens is 564 g/mol. The smallest absolute Gasteiger partial charge is 0.160 e. The van der Waals surface area contributed by atoms with Gasteiger partial charge in [-0.25, -0.2) is 9.97 Å². The Morgan fingerprint density at radius 2 is 1.22 bits per heavy atom. The van der Waals surface area contributed by atoms with Gasteiger partial charge < -0.3 is 8.98 Å². The van der Waals surface area contributed by atoms with Gasteiger partial charge in [0.05, 0.1) is 34.1 Å². The highest BCUT2D eigenvalue weighted by atomic mass is 16.3. The van der Waals surface area contributed by atoms with Crippen molar-refractivity contribution in [2.45, 2.75) is 0 Å². The number of hydrogen-bond acceptors (Lipinski definition) is 4. The van der Waals surface area contributed by atoms with Crippen LogP contribution in [0.15, 0.2) is 150 Å². The first kappa shape index (κ1) is 25.9. The lowest BCUT2D eigenvalue weighted by atomic mass is 10.0. The highest BCUT2D eigenvalue weighted by Crippen LogP contribution is 2.39. The summed E-state index contributed by atoms with van der Waals surface area (Å²) in [6, 6.07) is 51.4. The molecule has 3 heterocycles. The number of rotatable bonds is 4. The Kier molecular flexibility index (Phi) is 5.81. The molecule has 5 nitrogen and oxygen atoms in total. The van der Waals surface area contributed by atoms with E-state index < -0.39 is 0 Å². The van der Waals surface area contributed by atoms with Gasteiger partial charge >= 0.3 is 0 Å². The van der Waals surface area contributed by atoms with Crippen LogP contribution in [0.25, 0.3) is 83.3 Å². The van der Waals surface area contributed by atoms with Crippen molar-refractivity contribution in [1.82, 2.24) is 14.5 Å². The number of benzene rings is 6. The third kappa shape index (κ3) is 4.16. The standard InChI is InChI=1S/C41H24N4O/c42-25-26-10-8-13-28(20-26)36-24-35(27-11-2-1-3-12-27)43-41(44-36)29-14-9-15-30(21-29)45-37-18-6-4-16-31(37)33-23-40-34(22-38(33)45)32-17-5-7-19-39(32)46-40/h1-24H. The molecule has 0 unspecified atom stereocenters. The number of nitrogens with zero attached hydrogens (tertiary/aromatic N) is 4. The predicted octanol–water partition coefficient (Wildman–Crippen LogP) is 10.3. The van der Waals surface area contributed by atoms with E-state index in [1.165, 1.54) is 0 Å². The molecule has 5 heteroatoms. The number of fused-ring (bicyclic) bond motifs is 6. The van der Waals surface area contributed by atoms with Gasteiger partial charge in [0.25, 0.3) is 0 Å². The first-order chi connectivity index (χ1) is 22.7. The summed E-state index contributed by atoms with van der Waals surface area (Å²) in [6.07, 6.45) is 0. The second-order valence-corrected chi connectivity index (χ2v) is 11.4. The molecule has 0 N–H and O–H groups in total. The van der Waals surface area contributed by atoms with E-state index in [0.717, 1.165) is 77.5 Å². The Labute approximate surface area is 264 Å². The van der Waals surface area contributed by atoms with Gasteiger partial charge in [0, 0.05) is 43.9 Å². The molecular formula is C41H24N4O. The van der Waals surface area contributed by atoms with Crippen LogP contribution in [0.3, 0.4) is 0 Å². The van der Waals surface area contributed by atoms with E-state index in [9.17, 15) is 5.26 Å². The molecule has 0 atom stereocenters. The lowest BCUT2D eigenvalue weighted by Crippen LogP contribution is -1.98. The average Bonchev–Trinajstić information content (AvgIpc) is 3.65. The minimum absolute atomic E-state index is 0.590. The van der Waals surface area contributed by atoms with E-state index in [4.69, 9.17) is 14.4 Å². The van der Waals surface area contributed by atoms with E-state index in [2.05, 4.69) is 95.6 Å². The van der Waals surface area contributed by atoms with Crippen LogP contribution in [0, 0.1) is 11.3 Å². The van der Waals surface area contributed by atoms with E-state index in [1.54, 1.807) is 6.07 Å². The van der Waals surface area contributed by atoms with Crippen LogP contribution < -0.4 is 0 Å². The van der Waals surface area contributed by atoms with Crippen LogP contribution in [0.4, 0.5) is 0 Å². The van der Waals surface area contributed by atoms with Crippen molar-refractivity contribution in [3.8, 4) is 45.7 Å². The number of aromatic nitrogens is 3. The van der Waals surface area contributed by atoms with Crippen molar-refractivity contribution in [3.05, 3.63) is 151 Å². The van der Waals surface area contributed by atoms with E-state index in [0.29, 0.717) is 11.4 Å². The van der Waals surface area contributed by atoms with Gasteiger partial charge in [0.2, 0.25) is 0 Å². The first-order valence-corrected chi connectivity index (χ1v) is 15.1. The van der Waals surface area contributed by atoms with Gasteiger partial charge in [0.1, 0.15) is 11.2 Å². The molecule has 0 amide bonds. The number of hydrogen-bond donors (Lipinski definition) is 0. The Hall–Kier alpha value is -6.51. The summed E-state index contributed by atoms with van der Waals surface area (Å²) in [7, 11) is 0. The zero-order valence-electron chi connectivity index (χ0n) is 24.6. The summed E-state index contributed by atoms with van der Waals surface area (Å²) < 4.78 is 8.58. The second kappa shape index (κ2) is 10.3. The van der Waals surface area contributed by atoms with Gasteiger partial charge in [-0.05, 0) is 54.6 Å². The molecule has 0 radical (unpaired) electrons. The minimum Gasteiger partial charge on any atom is -0.456 e. The highest BCUT2D eigenvalue weighted by Gasteiger charge is 2.17. The molecule has 3 aromatic heterocycles. The molecule has 0 aliphatic rings. The molecule has 9 aromatic rings. The summed E-state index contributed by atoms with van der Waals surface area (Å²) in [5, 5.41) is 14.0. The maximum atomic E-state index is 9.55. The van der Waals surface area contributed by atoms with Crippen molar-refractivity contribution in [1.29, 1.82) is 5.26 Å². The summed E-state index contributed by atoms with van der Waals surface area (Å²) in [4.78, 5) is 10.1. The van der Waals surface area contributed by atoms with Gasteiger partial charge in [0.15, 0.2) is 5.82 Å². The summed E-state index contributed by atoms with van der Waals surface area (Å²) in [6.45, 7) is 0. The van der Waals surface area contributed by atoms with Gasteiger partial charge in [-0.3, -0.25) is 0 Å². The summed E-state index contributed by atoms with van der Waals surface area (Å²) >= 11 is 0. The van der Waals surface area contributed by atoms with Crippen molar-refractivity contribution in [2.24, 2.45) is 0 Å². The lowest BCUT2D eigenvalue weighted by Gasteiger charge is -2.12. The van der Waals surface area contributed by atoms with Crippen LogP contribution in [0.5, 0.6) is 0 Å². The molecule has 9 rings (SSSR count). The molecule has 0 bridgehead atoms. The zero-order valence-corrected chi connectivity index (χ0v) is 24.6. The lowest BCUT2D eigenvalue weighted by molar-refractivity contribution is 0.669. The van der Waals surface area contributed by atoms with Crippen molar-refractivity contribution in [2.75, 3.05) is 0 Å². The molecule has 0 saturated carbocycles. The molecule has 0 saturated heterocycles. The van der Waals surface area contributed by atoms with Gasteiger partial charge in [-0.1, -0.05) is 91.0 Å². The van der Waals surface area contributed by atoms with E-state index in [1.807, 2.05) is 54.6 Å². The molecule has 0 fully saturated rings. The Morgan fingerprint density at radius 3 is 2.09 bits per heavy atom. The normalized spacial score (nSPS) is 11.5. The fourth-order valence-electron chi connectivity index (χ4n) is 6.48. The fraction of sp³-hybridized carbons (Fsp3) is 0. The fourth-order valence-corrected chi connectivity index (χ4v) is 6.48.